The molecule has 2 aliphatic rings. The van der Waals surface area contributed by atoms with Gasteiger partial charge in [0.15, 0.2) is 0 Å². The number of rotatable bonds is 0. The lowest BCUT2D eigenvalue weighted by molar-refractivity contribution is 0.227. The van der Waals surface area contributed by atoms with Crippen molar-refractivity contribution in [3.05, 3.63) is 0 Å². The van der Waals surface area contributed by atoms with Gasteiger partial charge in [0.25, 0.3) is 0 Å². The third-order valence-corrected chi connectivity index (χ3v) is 6.76. The SMILES string of the molecule is CC1CCCCCCC2CC2C(C)C(C)C(C)CCC1. The second-order valence-electron chi connectivity index (χ2n) is 8.38. The molecule has 2 saturated carbocycles. The van der Waals surface area contributed by atoms with Gasteiger partial charge in [0.2, 0.25) is 0 Å². The summed E-state index contributed by atoms with van der Waals surface area (Å²) in [5.74, 6) is 5.99. The molecule has 0 nitrogen and oxygen atoms in total. The van der Waals surface area contributed by atoms with Gasteiger partial charge in [0.1, 0.15) is 0 Å². The van der Waals surface area contributed by atoms with Crippen LogP contribution in [0.3, 0.4) is 0 Å². The van der Waals surface area contributed by atoms with Crippen LogP contribution >= 0.6 is 0 Å². The average Bonchev–Trinajstić information content (AvgIpc) is 3.19. The third-order valence-electron chi connectivity index (χ3n) is 6.76. The molecular formula is C20H38. The van der Waals surface area contributed by atoms with E-state index in [2.05, 4.69) is 27.7 Å². The highest BCUT2D eigenvalue weighted by molar-refractivity contribution is 4.92. The van der Waals surface area contributed by atoms with Crippen LogP contribution in [-0.2, 0) is 0 Å². The Morgan fingerprint density at radius 1 is 0.600 bits per heavy atom. The Morgan fingerprint density at radius 2 is 1.25 bits per heavy atom. The Balaban J connectivity index is 1.85. The summed E-state index contributed by atoms with van der Waals surface area (Å²) in [6.45, 7) is 10.1. The van der Waals surface area contributed by atoms with Gasteiger partial charge in [0.05, 0.1) is 0 Å². The highest BCUT2D eigenvalue weighted by Crippen LogP contribution is 2.51. The molecule has 6 unspecified atom stereocenters. The topological polar surface area (TPSA) is 0 Å². The van der Waals surface area contributed by atoms with Crippen LogP contribution in [0.25, 0.3) is 0 Å². The van der Waals surface area contributed by atoms with Crippen molar-refractivity contribution in [1.82, 2.24) is 0 Å². The molecule has 0 saturated heterocycles. The first kappa shape index (κ1) is 16.4. The molecule has 0 N–H and O–H groups in total. The molecule has 0 aromatic carbocycles. The van der Waals surface area contributed by atoms with E-state index in [0.717, 1.165) is 35.5 Å². The van der Waals surface area contributed by atoms with Crippen molar-refractivity contribution in [2.75, 3.05) is 0 Å². The monoisotopic (exact) mass is 278 g/mol. The molecule has 2 aliphatic carbocycles. The van der Waals surface area contributed by atoms with Crippen LogP contribution in [0, 0.1) is 35.5 Å². The summed E-state index contributed by atoms with van der Waals surface area (Å²) in [5, 5.41) is 0. The van der Waals surface area contributed by atoms with Gasteiger partial charge in [0, 0.05) is 0 Å². The first-order valence-corrected chi connectivity index (χ1v) is 9.59. The largest absolute Gasteiger partial charge is 0.0625 e. The number of hydrogen-bond acceptors (Lipinski definition) is 0. The van der Waals surface area contributed by atoms with E-state index in [0.29, 0.717) is 0 Å². The first-order valence-electron chi connectivity index (χ1n) is 9.59. The summed E-state index contributed by atoms with van der Waals surface area (Å²) in [7, 11) is 0. The fourth-order valence-corrected chi connectivity index (χ4v) is 4.60. The van der Waals surface area contributed by atoms with Gasteiger partial charge in [-0.05, 0) is 41.9 Å². The lowest BCUT2D eigenvalue weighted by Crippen LogP contribution is -2.19. The smallest absolute Gasteiger partial charge is 0.0355 e. The van der Waals surface area contributed by atoms with E-state index < -0.39 is 0 Å². The van der Waals surface area contributed by atoms with E-state index in [1.807, 2.05) is 0 Å². The zero-order chi connectivity index (χ0) is 14.5. The summed E-state index contributed by atoms with van der Waals surface area (Å²) >= 11 is 0. The van der Waals surface area contributed by atoms with Gasteiger partial charge in [-0.2, -0.15) is 0 Å². The van der Waals surface area contributed by atoms with Crippen molar-refractivity contribution in [3.8, 4) is 0 Å². The van der Waals surface area contributed by atoms with Gasteiger partial charge < -0.3 is 0 Å². The summed E-state index contributed by atoms with van der Waals surface area (Å²) < 4.78 is 0. The third kappa shape index (κ3) is 4.78. The Hall–Kier alpha value is 0. The molecule has 6 atom stereocenters. The van der Waals surface area contributed by atoms with E-state index in [-0.39, 0.29) is 0 Å². The number of hydrogen-bond donors (Lipinski definition) is 0. The Morgan fingerprint density at radius 3 is 2.00 bits per heavy atom. The minimum absolute atomic E-state index is 0.934. The van der Waals surface area contributed by atoms with E-state index >= 15 is 0 Å². The quantitative estimate of drug-likeness (QED) is 0.463. The minimum atomic E-state index is 0.934. The molecule has 0 aliphatic heterocycles. The zero-order valence-corrected chi connectivity index (χ0v) is 14.5. The Bertz CT molecular complexity index is 269. The molecule has 0 aromatic heterocycles. The standard InChI is InChI=1S/C20H38/c1-15-10-7-5-6-8-13-19-14-20(19)18(4)17(3)16(2)12-9-11-15/h15-20H,5-14H2,1-4H3. The van der Waals surface area contributed by atoms with Crippen LogP contribution in [0.1, 0.15) is 91.9 Å². The Labute approximate surface area is 128 Å². The molecule has 2 rings (SSSR count). The maximum absolute atomic E-state index is 2.55. The molecule has 0 aromatic rings. The molecule has 0 bridgehead atoms. The molecule has 0 heteroatoms. The summed E-state index contributed by atoms with van der Waals surface area (Å²) in [4.78, 5) is 0. The van der Waals surface area contributed by atoms with Gasteiger partial charge in [-0.3, -0.25) is 0 Å². The van der Waals surface area contributed by atoms with Crippen molar-refractivity contribution in [2.24, 2.45) is 35.5 Å². The van der Waals surface area contributed by atoms with E-state index in [1.165, 1.54) is 57.8 Å². The van der Waals surface area contributed by atoms with E-state index in [9.17, 15) is 0 Å². The molecule has 0 heterocycles. The molecule has 0 amide bonds. The molecule has 2 fully saturated rings. The van der Waals surface area contributed by atoms with Gasteiger partial charge >= 0.3 is 0 Å². The van der Waals surface area contributed by atoms with Crippen LogP contribution in [0.4, 0.5) is 0 Å². The van der Waals surface area contributed by atoms with Crippen molar-refractivity contribution >= 4 is 0 Å². The fourth-order valence-electron chi connectivity index (χ4n) is 4.60. The van der Waals surface area contributed by atoms with Crippen LogP contribution < -0.4 is 0 Å². The van der Waals surface area contributed by atoms with E-state index in [1.54, 1.807) is 6.42 Å². The summed E-state index contributed by atoms with van der Waals surface area (Å²) in [5.41, 5.74) is 0. The maximum atomic E-state index is 2.55. The zero-order valence-electron chi connectivity index (χ0n) is 14.5. The highest BCUT2D eigenvalue weighted by Gasteiger charge is 2.42. The second-order valence-corrected chi connectivity index (χ2v) is 8.38. The lowest BCUT2D eigenvalue weighted by atomic mass is 9.79. The van der Waals surface area contributed by atoms with Crippen molar-refractivity contribution < 1.29 is 0 Å². The van der Waals surface area contributed by atoms with Crippen LogP contribution in [0.5, 0.6) is 0 Å². The van der Waals surface area contributed by atoms with Gasteiger partial charge in [-0.1, -0.05) is 85.5 Å². The highest BCUT2D eigenvalue weighted by atomic mass is 14.5. The van der Waals surface area contributed by atoms with Crippen molar-refractivity contribution in [3.63, 3.8) is 0 Å². The second kappa shape index (κ2) is 7.85. The van der Waals surface area contributed by atoms with Crippen molar-refractivity contribution in [2.45, 2.75) is 91.9 Å². The molecule has 118 valence electrons. The first-order chi connectivity index (χ1) is 9.59. The van der Waals surface area contributed by atoms with Crippen LogP contribution in [0.15, 0.2) is 0 Å². The predicted octanol–water partition coefficient (Wildman–Crippen LogP) is 6.69. The van der Waals surface area contributed by atoms with Gasteiger partial charge in [-0.15, -0.1) is 0 Å². The molecule has 0 spiro atoms. The number of fused-ring (bicyclic) bond motifs is 1. The normalized spacial score (nSPS) is 45.0. The van der Waals surface area contributed by atoms with Crippen LogP contribution in [0.2, 0.25) is 0 Å². The Kier molecular flexibility index (Phi) is 6.43. The average molecular weight is 279 g/mol. The van der Waals surface area contributed by atoms with Crippen LogP contribution in [-0.4, -0.2) is 0 Å². The maximum Gasteiger partial charge on any atom is -0.0355 e. The van der Waals surface area contributed by atoms with Crippen molar-refractivity contribution in [1.29, 1.82) is 0 Å². The predicted molar refractivity (Wildman–Crippen MR) is 89.8 cm³/mol. The summed E-state index contributed by atoms with van der Waals surface area (Å²) in [6.07, 6.45) is 14.9. The fraction of sp³-hybridized carbons (Fsp3) is 1.00. The lowest BCUT2D eigenvalue weighted by Gasteiger charge is -2.27. The molecule has 20 heavy (non-hydrogen) atoms. The van der Waals surface area contributed by atoms with Gasteiger partial charge in [-0.25, -0.2) is 0 Å². The summed E-state index contributed by atoms with van der Waals surface area (Å²) in [6, 6.07) is 0. The molecule has 0 radical (unpaired) electrons. The molecular weight excluding hydrogens is 240 g/mol. The minimum Gasteiger partial charge on any atom is -0.0625 e. The van der Waals surface area contributed by atoms with E-state index in [4.69, 9.17) is 0 Å².